The van der Waals surface area contributed by atoms with Gasteiger partial charge in [-0.1, -0.05) is 0 Å². The molecule has 0 saturated heterocycles. The van der Waals surface area contributed by atoms with Gasteiger partial charge in [0.25, 0.3) is 0 Å². The minimum absolute atomic E-state index is 0.0351. The molecule has 1 rings (SSSR count). The standard InChI is InChI=1S/C15H30N6O6/c1-4-25-10-20(9-24)14-16-13(19(7-22)8-23)17-15(18-14)21(11-26-5-2)12-27-6-3/h22-24H,4-12H2,1-3H3. The van der Waals surface area contributed by atoms with E-state index in [1.54, 1.807) is 4.90 Å². The van der Waals surface area contributed by atoms with Crippen molar-refractivity contribution >= 4 is 17.8 Å². The van der Waals surface area contributed by atoms with Crippen molar-refractivity contribution in [3.8, 4) is 0 Å². The summed E-state index contributed by atoms with van der Waals surface area (Å²) in [5.74, 6) is 0.363. The molecule has 1 aromatic heterocycles. The van der Waals surface area contributed by atoms with Crippen molar-refractivity contribution in [3.63, 3.8) is 0 Å². The molecule has 0 aromatic carbocycles. The Labute approximate surface area is 158 Å². The summed E-state index contributed by atoms with van der Waals surface area (Å²) in [4.78, 5) is 17.0. The molecule has 0 bridgehead atoms. The summed E-state index contributed by atoms with van der Waals surface area (Å²) in [5, 5.41) is 28.5. The van der Waals surface area contributed by atoms with Crippen LogP contribution in [-0.2, 0) is 14.2 Å². The number of anilines is 3. The second kappa shape index (κ2) is 13.4. The topological polar surface area (TPSA) is 137 Å². The van der Waals surface area contributed by atoms with E-state index in [1.165, 1.54) is 4.90 Å². The van der Waals surface area contributed by atoms with Gasteiger partial charge in [0.2, 0.25) is 17.8 Å². The number of ether oxygens (including phenoxy) is 3. The molecular formula is C15H30N6O6. The number of rotatable bonds is 15. The van der Waals surface area contributed by atoms with Gasteiger partial charge >= 0.3 is 0 Å². The lowest BCUT2D eigenvalue weighted by atomic mass is 10.6. The van der Waals surface area contributed by atoms with E-state index >= 15 is 0 Å². The smallest absolute Gasteiger partial charge is 0.235 e. The molecule has 12 nitrogen and oxygen atoms in total. The largest absolute Gasteiger partial charge is 0.376 e. The second-order valence-electron chi connectivity index (χ2n) is 5.14. The van der Waals surface area contributed by atoms with Crippen LogP contribution in [0.2, 0.25) is 0 Å². The Morgan fingerprint density at radius 1 is 0.593 bits per heavy atom. The molecule has 27 heavy (non-hydrogen) atoms. The summed E-state index contributed by atoms with van der Waals surface area (Å²) in [6.07, 6.45) is 0. The van der Waals surface area contributed by atoms with Crippen molar-refractivity contribution in [1.29, 1.82) is 0 Å². The van der Waals surface area contributed by atoms with Crippen LogP contribution in [0.3, 0.4) is 0 Å². The van der Waals surface area contributed by atoms with Gasteiger partial charge in [0.05, 0.1) is 0 Å². The minimum atomic E-state index is -0.499. The van der Waals surface area contributed by atoms with Crippen LogP contribution in [-0.4, -0.2) is 90.5 Å². The fourth-order valence-corrected chi connectivity index (χ4v) is 1.86. The molecule has 156 valence electrons. The summed E-state index contributed by atoms with van der Waals surface area (Å²) in [7, 11) is 0. The number of aliphatic hydroxyl groups is 3. The lowest BCUT2D eigenvalue weighted by Gasteiger charge is -2.26. The van der Waals surface area contributed by atoms with Crippen molar-refractivity contribution in [2.45, 2.75) is 20.8 Å². The third-order valence-electron chi connectivity index (χ3n) is 3.31. The maximum atomic E-state index is 9.63. The molecule has 0 aliphatic rings. The lowest BCUT2D eigenvalue weighted by Crippen LogP contribution is -2.35. The Hall–Kier alpha value is -1.83. The number of aromatic nitrogens is 3. The van der Waals surface area contributed by atoms with Crippen LogP contribution in [0, 0.1) is 0 Å². The van der Waals surface area contributed by atoms with E-state index < -0.39 is 20.2 Å². The fourth-order valence-electron chi connectivity index (χ4n) is 1.86. The average Bonchev–Trinajstić information content (AvgIpc) is 2.69. The van der Waals surface area contributed by atoms with E-state index in [0.29, 0.717) is 19.8 Å². The minimum Gasteiger partial charge on any atom is -0.376 e. The van der Waals surface area contributed by atoms with Crippen molar-refractivity contribution in [2.24, 2.45) is 0 Å². The molecule has 0 fully saturated rings. The fraction of sp³-hybridized carbons (Fsp3) is 0.800. The molecule has 0 atom stereocenters. The first kappa shape index (κ1) is 23.2. The summed E-state index contributed by atoms with van der Waals surface area (Å²) >= 11 is 0. The maximum Gasteiger partial charge on any atom is 0.235 e. The van der Waals surface area contributed by atoms with Gasteiger partial charge in [0, 0.05) is 19.8 Å². The van der Waals surface area contributed by atoms with Crippen molar-refractivity contribution in [1.82, 2.24) is 15.0 Å². The van der Waals surface area contributed by atoms with Crippen molar-refractivity contribution in [2.75, 3.05) is 74.9 Å². The van der Waals surface area contributed by atoms with E-state index in [9.17, 15) is 15.3 Å². The van der Waals surface area contributed by atoms with Crippen LogP contribution in [0.4, 0.5) is 17.8 Å². The Morgan fingerprint density at radius 3 is 1.30 bits per heavy atom. The van der Waals surface area contributed by atoms with E-state index in [1.807, 2.05) is 20.8 Å². The van der Waals surface area contributed by atoms with E-state index in [4.69, 9.17) is 14.2 Å². The highest BCUT2D eigenvalue weighted by atomic mass is 16.5. The molecule has 0 amide bonds. The van der Waals surface area contributed by atoms with Gasteiger partial charge in [-0.25, -0.2) is 0 Å². The normalized spacial score (nSPS) is 10.9. The SMILES string of the molecule is CCOCN(CO)c1nc(N(CO)CO)nc(N(COCC)COCC)n1. The quantitative estimate of drug-likeness (QED) is 0.321. The molecule has 1 aromatic rings. The first-order chi connectivity index (χ1) is 13.1. The van der Waals surface area contributed by atoms with Crippen molar-refractivity contribution < 1.29 is 29.5 Å². The van der Waals surface area contributed by atoms with Crippen molar-refractivity contribution in [3.05, 3.63) is 0 Å². The van der Waals surface area contributed by atoms with Crippen LogP contribution in [0.5, 0.6) is 0 Å². The predicted octanol–water partition coefficient (Wildman–Crippen LogP) is -0.878. The number of nitrogens with zero attached hydrogens (tertiary/aromatic N) is 6. The van der Waals surface area contributed by atoms with Gasteiger partial charge in [0.1, 0.15) is 40.4 Å². The van der Waals surface area contributed by atoms with Crippen LogP contribution in [0.1, 0.15) is 20.8 Å². The molecule has 0 saturated carbocycles. The van der Waals surface area contributed by atoms with Crippen LogP contribution in [0.15, 0.2) is 0 Å². The van der Waals surface area contributed by atoms with Gasteiger partial charge in [-0.05, 0) is 20.8 Å². The van der Waals surface area contributed by atoms with Gasteiger partial charge in [0.15, 0.2) is 0 Å². The molecule has 0 spiro atoms. The molecule has 12 heteroatoms. The number of hydrogen-bond acceptors (Lipinski definition) is 12. The van der Waals surface area contributed by atoms with E-state index in [0.717, 1.165) is 4.90 Å². The zero-order chi connectivity index (χ0) is 20.1. The lowest BCUT2D eigenvalue weighted by molar-refractivity contribution is 0.0944. The summed E-state index contributed by atoms with van der Waals surface area (Å²) in [5.41, 5.74) is 0. The Balaban J connectivity index is 3.28. The Morgan fingerprint density at radius 2 is 0.926 bits per heavy atom. The van der Waals surface area contributed by atoms with Crippen LogP contribution in [0.25, 0.3) is 0 Å². The molecule has 0 radical (unpaired) electrons. The number of aliphatic hydroxyl groups excluding tert-OH is 3. The number of hydrogen-bond donors (Lipinski definition) is 3. The maximum absolute atomic E-state index is 9.63. The van der Waals surface area contributed by atoms with E-state index in [-0.39, 0.29) is 38.0 Å². The third kappa shape index (κ3) is 7.36. The zero-order valence-electron chi connectivity index (χ0n) is 16.1. The summed E-state index contributed by atoms with van der Waals surface area (Å²) in [6.45, 7) is 5.97. The zero-order valence-corrected chi connectivity index (χ0v) is 16.1. The van der Waals surface area contributed by atoms with Gasteiger partial charge in [-0.2, -0.15) is 15.0 Å². The summed E-state index contributed by atoms with van der Waals surface area (Å²) in [6, 6.07) is 0. The highest BCUT2D eigenvalue weighted by molar-refractivity contribution is 5.45. The first-order valence-corrected chi connectivity index (χ1v) is 8.71. The third-order valence-corrected chi connectivity index (χ3v) is 3.31. The molecule has 0 unspecified atom stereocenters. The van der Waals surface area contributed by atoms with Gasteiger partial charge in [-0.3, -0.25) is 14.7 Å². The Bertz CT molecular complexity index is 514. The monoisotopic (exact) mass is 390 g/mol. The van der Waals surface area contributed by atoms with E-state index in [2.05, 4.69) is 15.0 Å². The highest BCUT2D eigenvalue weighted by Crippen LogP contribution is 2.19. The van der Waals surface area contributed by atoms with Gasteiger partial charge in [-0.15, -0.1) is 0 Å². The highest BCUT2D eigenvalue weighted by Gasteiger charge is 2.20. The predicted molar refractivity (Wildman–Crippen MR) is 98.0 cm³/mol. The average molecular weight is 390 g/mol. The molecule has 3 N–H and O–H groups in total. The molecule has 0 aliphatic carbocycles. The van der Waals surface area contributed by atoms with Gasteiger partial charge < -0.3 is 29.5 Å². The first-order valence-electron chi connectivity index (χ1n) is 8.71. The summed E-state index contributed by atoms with van der Waals surface area (Å²) < 4.78 is 16.2. The van der Waals surface area contributed by atoms with Crippen LogP contribution >= 0.6 is 0 Å². The Kier molecular flexibility index (Phi) is 11.5. The molecular weight excluding hydrogens is 360 g/mol. The second-order valence-corrected chi connectivity index (χ2v) is 5.14. The molecule has 1 heterocycles. The van der Waals surface area contributed by atoms with Crippen LogP contribution < -0.4 is 14.7 Å². The molecule has 0 aliphatic heterocycles.